The number of nitrogens with two attached hydrogens (primary N) is 2. The van der Waals surface area contributed by atoms with E-state index >= 15 is 0 Å². The molecule has 0 saturated heterocycles. The van der Waals surface area contributed by atoms with Crippen molar-refractivity contribution in [3.05, 3.63) is 36.0 Å². The van der Waals surface area contributed by atoms with Gasteiger partial charge in [0, 0.05) is 30.2 Å². The van der Waals surface area contributed by atoms with Gasteiger partial charge in [0.1, 0.15) is 5.75 Å². The Morgan fingerprint density at radius 3 is 2.72 bits per heavy atom. The van der Waals surface area contributed by atoms with Crippen LogP contribution in [-0.2, 0) is 0 Å². The van der Waals surface area contributed by atoms with Gasteiger partial charge in [-0.25, -0.2) is 0 Å². The highest BCUT2D eigenvalue weighted by atomic mass is 16.5. The molecule has 1 unspecified atom stereocenters. The SMILES string of the molecule is CC(C)Oc1ccc2c(C(N)CN)ccnc2c1. The molecule has 0 amide bonds. The fourth-order valence-corrected chi connectivity index (χ4v) is 1.95. The highest BCUT2D eigenvalue weighted by Crippen LogP contribution is 2.25. The second-order valence-electron chi connectivity index (χ2n) is 4.59. The van der Waals surface area contributed by atoms with Crippen LogP contribution in [0.5, 0.6) is 5.75 Å². The third-order valence-corrected chi connectivity index (χ3v) is 2.77. The summed E-state index contributed by atoms with van der Waals surface area (Å²) in [5.41, 5.74) is 13.5. The van der Waals surface area contributed by atoms with Crippen LogP contribution in [0, 0.1) is 0 Å². The van der Waals surface area contributed by atoms with Gasteiger partial charge in [-0.15, -0.1) is 0 Å². The Morgan fingerprint density at radius 2 is 2.06 bits per heavy atom. The molecule has 1 aromatic carbocycles. The summed E-state index contributed by atoms with van der Waals surface area (Å²) < 4.78 is 5.65. The van der Waals surface area contributed by atoms with Gasteiger partial charge in [0.15, 0.2) is 0 Å². The summed E-state index contributed by atoms with van der Waals surface area (Å²) in [5, 5.41) is 1.03. The van der Waals surface area contributed by atoms with Gasteiger partial charge in [0.05, 0.1) is 11.6 Å². The zero-order valence-corrected chi connectivity index (χ0v) is 10.8. The molecule has 0 radical (unpaired) electrons. The van der Waals surface area contributed by atoms with E-state index in [4.69, 9.17) is 16.2 Å². The third-order valence-electron chi connectivity index (χ3n) is 2.77. The summed E-state index contributed by atoms with van der Waals surface area (Å²) in [6.07, 6.45) is 1.91. The van der Waals surface area contributed by atoms with E-state index in [0.29, 0.717) is 6.54 Å². The van der Waals surface area contributed by atoms with Gasteiger partial charge >= 0.3 is 0 Å². The standard InChI is InChI=1S/C14H19N3O/c1-9(2)18-10-3-4-12-11(13(16)8-15)5-6-17-14(12)7-10/h3-7,9,13H,8,15-16H2,1-2H3. The van der Waals surface area contributed by atoms with Gasteiger partial charge < -0.3 is 16.2 Å². The molecule has 1 heterocycles. The number of aromatic nitrogens is 1. The minimum absolute atomic E-state index is 0.150. The largest absolute Gasteiger partial charge is 0.491 e. The molecule has 0 aliphatic carbocycles. The molecule has 1 aromatic heterocycles. The number of ether oxygens (including phenoxy) is 1. The molecule has 2 aromatic rings. The van der Waals surface area contributed by atoms with Gasteiger partial charge in [-0.2, -0.15) is 0 Å². The van der Waals surface area contributed by atoms with E-state index in [1.807, 2.05) is 38.1 Å². The molecule has 0 fully saturated rings. The van der Waals surface area contributed by atoms with E-state index in [0.717, 1.165) is 22.2 Å². The summed E-state index contributed by atoms with van der Waals surface area (Å²) in [7, 11) is 0. The van der Waals surface area contributed by atoms with Crippen molar-refractivity contribution < 1.29 is 4.74 Å². The Hall–Kier alpha value is -1.65. The van der Waals surface area contributed by atoms with Crippen LogP contribution in [0.3, 0.4) is 0 Å². The lowest BCUT2D eigenvalue weighted by Crippen LogP contribution is -2.21. The third kappa shape index (κ3) is 2.60. The molecule has 0 aliphatic heterocycles. The highest BCUT2D eigenvalue weighted by molar-refractivity contribution is 5.83. The average molecular weight is 245 g/mol. The Balaban J connectivity index is 2.46. The molecule has 0 spiro atoms. The number of fused-ring (bicyclic) bond motifs is 1. The number of rotatable bonds is 4. The summed E-state index contributed by atoms with van der Waals surface area (Å²) >= 11 is 0. The van der Waals surface area contributed by atoms with Crippen LogP contribution < -0.4 is 16.2 Å². The Bertz CT molecular complexity index is 540. The van der Waals surface area contributed by atoms with E-state index in [2.05, 4.69) is 4.98 Å². The lowest BCUT2D eigenvalue weighted by molar-refractivity contribution is 0.242. The number of hydrogen-bond donors (Lipinski definition) is 2. The van der Waals surface area contributed by atoms with Crippen molar-refractivity contribution in [3.63, 3.8) is 0 Å². The van der Waals surface area contributed by atoms with Crippen molar-refractivity contribution in [1.82, 2.24) is 4.98 Å². The van der Waals surface area contributed by atoms with Gasteiger partial charge in [0.25, 0.3) is 0 Å². The van der Waals surface area contributed by atoms with E-state index in [1.54, 1.807) is 6.20 Å². The molecule has 0 aliphatic rings. The van der Waals surface area contributed by atoms with E-state index < -0.39 is 0 Å². The first-order chi connectivity index (χ1) is 8.61. The molecule has 0 saturated carbocycles. The number of hydrogen-bond acceptors (Lipinski definition) is 4. The Morgan fingerprint density at radius 1 is 1.28 bits per heavy atom. The predicted octanol–water partition coefficient (Wildman–Crippen LogP) is 1.98. The minimum Gasteiger partial charge on any atom is -0.491 e. The summed E-state index contributed by atoms with van der Waals surface area (Å²) in [6, 6.07) is 7.62. The minimum atomic E-state index is -0.160. The van der Waals surface area contributed by atoms with Crippen LogP contribution in [0.1, 0.15) is 25.5 Å². The smallest absolute Gasteiger partial charge is 0.121 e. The van der Waals surface area contributed by atoms with Crippen LogP contribution in [-0.4, -0.2) is 17.6 Å². The predicted molar refractivity (Wildman–Crippen MR) is 73.5 cm³/mol. The van der Waals surface area contributed by atoms with E-state index in [9.17, 15) is 0 Å². The van der Waals surface area contributed by atoms with Crippen LogP contribution in [0.2, 0.25) is 0 Å². The number of benzene rings is 1. The average Bonchev–Trinajstić information content (AvgIpc) is 2.36. The topological polar surface area (TPSA) is 74.2 Å². The molecule has 18 heavy (non-hydrogen) atoms. The van der Waals surface area contributed by atoms with Crippen molar-refractivity contribution in [2.24, 2.45) is 11.5 Å². The molecule has 4 nitrogen and oxygen atoms in total. The zero-order chi connectivity index (χ0) is 13.1. The second-order valence-corrected chi connectivity index (χ2v) is 4.59. The van der Waals surface area contributed by atoms with Crippen LogP contribution in [0.25, 0.3) is 10.9 Å². The Kier molecular flexibility index (Phi) is 3.79. The van der Waals surface area contributed by atoms with Gasteiger partial charge in [-0.1, -0.05) is 0 Å². The molecular weight excluding hydrogens is 226 g/mol. The monoisotopic (exact) mass is 245 g/mol. The molecule has 96 valence electrons. The fourth-order valence-electron chi connectivity index (χ4n) is 1.95. The maximum absolute atomic E-state index is 6.00. The van der Waals surface area contributed by atoms with E-state index in [-0.39, 0.29) is 12.1 Å². The summed E-state index contributed by atoms with van der Waals surface area (Å²) in [4.78, 5) is 4.35. The summed E-state index contributed by atoms with van der Waals surface area (Å²) in [6.45, 7) is 4.42. The maximum atomic E-state index is 6.00. The molecule has 2 rings (SSSR count). The molecular formula is C14H19N3O. The first-order valence-corrected chi connectivity index (χ1v) is 6.12. The maximum Gasteiger partial charge on any atom is 0.121 e. The van der Waals surface area contributed by atoms with Crippen LogP contribution in [0.15, 0.2) is 30.5 Å². The molecule has 4 heteroatoms. The normalized spacial score (nSPS) is 12.9. The van der Waals surface area contributed by atoms with Gasteiger partial charge in [-0.05, 0) is 37.6 Å². The zero-order valence-electron chi connectivity index (χ0n) is 10.8. The van der Waals surface area contributed by atoms with Crippen molar-refractivity contribution in [2.75, 3.05) is 6.54 Å². The molecule has 4 N–H and O–H groups in total. The van der Waals surface area contributed by atoms with Crippen molar-refractivity contribution in [3.8, 4) is 5.75 Å². The lowest BCUT2D eigenvalue weighted by atomic mass is 10.0. The Labute approximate surface area is 107 Å². The number of pyridine rings is 1. The number of nitrogens with zero attached hydrogens (tertiary/aromatic N) is 1. The molecule has 0 bridgehead atoms. The quantitative estimate of drug-likeness (QED) is 0.863. The van der Waals surface area contributed by atoms with Gasteiger partial charge in [0.2, 0.25) is 0 Å². The van der Waals surface area contributed by atoms with Gasteiger partial charge in [-0.3, -0.25) is 4.98 Å². The van der Waals surface area contributed by atoms with Crippen molar-refractivity contribution in [1.29, 1.82) is 0 Å². The molecule has 1 atom stereocenters. The first-order valence-electron chi connectivity index (χ1n) is 6.12. The van der Waals surface area contributed by atoms with E-state index in [1.165, 1.54) is 0 Å². The first kappa shape index (κ1) is 12.8. The summed E-state index contributed by atoms with van der Waals surface area (Å²) in [5.74, 6) is 0.823. The van der Waals surface area contributed by atoms with Crippen LogP contribution >= 0.6 is 0 Å². The second kappa shape index (κ2) is 5.33. The van der Waals surface area contributed by atoms with Crippen molar-refractivity contribution >= 4 is 10.9 Å². The van der Waals surface area contributed by atoms with Crippen LogP contribution in [0.4, 0.5) is 0 Å². The fraction of sp³-hybridized carbons (Fsp3) is 0.357. The van der Waals surface area contributed by atoms with Crippen molar-refractivity contribution in [2.45, 2.75) is 26.0 Å². The highest BCUT2D eigenvalue weighted by Gasteiger charge is 2.09. The lowest BCUT2D eigenvalue weighted by Gasteiger charge is -2.14.